The number of nitrogens with one attached hydrogen (secondary N) is 2. The molecule has 2 aromatic carbocycles. The van der Waals surface area contributed by atoms with Gasteiger partial charge in [0.2, 0.25) is 5.76 Å². The topological polar surface area (TPSA) is 110 Å². The third-order valence-corrected chi connectivity index (χ3v) is 4.37. The van der Waals surface area contributed by atoms with Gasteiger partial charge in [-0.3, -0.25) is 9.59 Å². The monoisotopic (exact) mass is 419 g/mol. The van der Waals surface area contributed by atoms with E-state index in [0.717, 1.165) is 11.1 Å². The SMILES string of the molecule is C/C(=N\NC(=O)C(=O)Nc1cc(C)ccc1C)c1ccccc1OC(=O)c1ccco1. The summed E-state index contributed by atoms with van der Waals surface area (Å²) in [5.41, 5.74) is 5.37. The van der Waals surface area contributed by atoms with E-state index in [-0.39, 0.29) is 11.5 Å². The number of furan rings is 1. The van der Waals surface area contributed by atoms with Crippen LogP contribution in [0, 0.1) is 13.8 Å². The zero-order valence-electron chi connectivity index (χ0n) is 17.3. The molecule has 1 aromatic heterocycles. The zero-order valence-corrected chi connectivity index (χ0v) is 17.3. The van der Waals surface area contributed by atoms with Crippen LogP contribution in [-0.2, 0) is 9.59 Å². The fraction of sp³-hybridized carbons (Fsp3) is 0.130. The molecular weight excluding hydrogens is 398 g/mol. The number of anilines is 1. The van der Waals surface area contributed by atoms with Crippen LogP contribution < -0.4 is 15.5 Å². The molecule has 0 atom stereocenters. The lowest BCUT2D eigenvalue weighted by molar-refractivity contribution is -0.136. The van der Waals surface area contributed by atoms with Crippen molar-refractivity contribution in [2.75, 3.05) is 5.32 Å². The van der Waals surface area contributed by atoms with E-state index in [1.807, 2.05) is 26.0 Å². The molecule has 8 heteroatoms. The van der Waals surface area contributed by atoms with Crippen LogP contribution in [0.25, 0.3) is 0 Å². The number of rotatable bonds is 5. The van der Waals surface area contributed by atoms with Crippen LogP contribution in [0.5, 0.6) is 5.75 Å². The fourth-order valence-electron chi connectivity index (χ4n) is 2.69. The Labute approximate surface area is 178 Å². The Morgan fingerprint density at radius 1 is 0.968 bits per heavy atom. The highest BCUT2D eigenvalue weighted by Crippen LogP contribution is 2.20. The normalized spacial score (nSPS) is 11.0. The number of carbonyl (C=O) groups is 3. The Bertz CT molecular complexity index is 1150. The van der Waals surface area contributed by atoms with Crippen LogP contribution in [0.2, 0.25) is 0 Å². The summed E-state index contributed by atoms with van der Waals surface area (Å²) in [4.78, 5) is 36.5. The maximum absolute atomic E-state index is 12.2. The highest BCUT2D eigenvalue weighted by atomic mass is 16.5. The van der Waals surface area contributed by atoms with Crippen LogP contribution in [0.4, 0.5) is 5.69 Å². The minimum atomic E-state index is -0.926. The van der Waals surface area contributed by atoms with E-state index in [9.17, 15) is 14.4 Å². The van der Waals surface area contributed by atoms with Gasteiger partial charge in [0.25, 0.3) is 0 Å². The number of nitrogens with zero attached hydrogens (tertiary/aromatic N) is 1. The van der Waals surface area contributed by atoms with Crippen molar-refractivity contribution in [3.8, 4) is 5.75 Å². The molecule has 0 bridgehead atoms. The van der Waals surface area contributed by atoms with Gasteiger partial charge in [-0.1, -0.05) is 24.3 Å². The van der Waals surface area contributed by atoms with Gasteiger partial charge in [-0.05, 0) is 62.2 Å². The Morgan fingerprint density at radius 2 is 1.74 bits per heavy atom. The summed E-state index contributed by atoms with van der Waals surface area (Å²) in [5.74, 6) is -2.14. The molecule has 3 rings (SSSR count). The lowest BCUT2D eigenvalue weighted by Gasteiger charge is -2.10. The van der Waals surface area contributed by atoms with Crippen LogP contribution in [-0.4, -0.2) is 23.5 Å². The van der Waals surface area contributed by atoms with Crippen LogP contribution in [0.15, 0.2) is 70.4 Å². The lowest BCUT2D eigenvalue weighted by atomic mass is 10.1. The van der Waals surface area contributed by atoms with Gasteiger partial charge >= 0.3 is 17.8 Å². The van der Waals surface area contributed by atoms with Crippen molar-refractivity contribution in [3.05, 3.63) is 83.3 Å². The van der Waals surface area contributed by atoms with Gasteiger partial charge in [-0.25, -0.2) is 10.2 Å². The van der Waals surface area contributed by atoms with Crippen LogP contribution in [0.1, 0.15) is 34.2 Å². The maximum atomic E-state index is 12.2. The van der Waals surface area contributed by atoms with Gasteiger partial charge in [0, 0.05) is 11.3 Å². The molecule has 0 radical (unpaired) electrons. The number of hydrogen-bond donors (Lipinski definition) is 2. The zero-order chi connectivity index (χ0) is 22.4. The average Bonchev–Trinajstić information content (AvgIpc) is 3.30. The van der Waals surface area contributed by atoms with Gasteiger partial charge in [0.15, 0.2) is 0 Å². The first-order valence-electron chi connectivity index (χ1n) is 9.43. The van der Waals surface area contributed by atoms with Crippen molar-refractivity contribution in [2.24, 2.45) is 5.10 Å². The van der Waals surface area contributed by atoms with Crippen LogP contribution >= 0.6 is 0 Å². The highest BCUT2D eigenvalue weighted by Gasteiger charge is 2.17. The second-order valence-corrected chi connectivity index (χ2v) is 6.77. The van der Waals surface area contributed by atoms with E-state index in [1.54, 1.807) is 43.3 Å². The molecule has 0 saturated heterocycles. The van der Waals surface area contributed by atoms with Gasteiger partial charge < -0.3 is 14.5 Å². The predicted molar refractivity (Wildman–Crippen MR) is 115 cm³/mol. The van der Waals surface area contributed by atoms with Crippen molar-refractivity contribution >= 4 is 29.2 Å². The number of para-hydroxylation sites is 1. The summed E-state index contributed by atoms with van der Waals surface area (Å²) >= 11 is 0. The first-order chi connectivity index (χ1) is 14.8. The van der Waals surface area contributed by atoms with Gasteiger partial charge in [0.1, 0.15) is 5.75 Å². The number of hydrazone groups is 1. The van der Waals surface area contributed by atoms with Gasteiger partial charge in [-0.15, -0.1) is 0 Å². The fourth-order valence-corrected chi connectivity index (χ4v) is 2.69. The number of benzene rings is 2. The Balaban J connectivity index is 1.68. The molecule has 3 aromatic rings. The molecular formula is C23H21N3O5. The molecule has 2 amide bonds. The van der Waals surface area contributed by atoms with E-state index in [1.165, 1.54) is 12.3 Å². The van der Waals surface area contributed by atoms with E-state index >= 15 is 0 Å². The summed E-state index contributed by atoms with van der Waals surface area (Å²) < 4.78 is 10.4. The number of ether oxygens (including phenoxy) is 1. The van der Waals surface area contributed by atoms with Crippen LogP contribution in [0.3, 0.4) is 0 Å². The van der Waals surface area contributed by atoms with Gasteiger partial charge in [0.05, 0.1) is 12.0 Å². The number of carbonyl (C=O) groups excluding carboxylic acids is 3. The number of aryl methyl sites for hydroxylation is 2. The molecule has 8 nitrogen and oxygen atoms in total. The third kappa shape index (κ3) is 5.45. The maximum Gasteiger partial charge on any atom is 0.379 e. The molecule has 0 aliphatic carbocycles. The Morgan fingerprint density at radius 3 is 2.48 bits per heavy atom. The molecule has 0 aliphatic rings. The predicted octanol–water partition coefficient (Wildman–Crippen LogP) is 3.59. The van der Waals surface area contributed by atoms with E-state index in [0.29, 0.717) is 17.0 Å². The third-order valence-electron chi connectivity index (χ3n) is 4.37. The number of hydrogen-bond acceptors (Lipinski definition) is 6. The molecule has 158 valence electrons. The van der Waals surface area contributed by atoms with Gasteiger partial charge in [-0.2, -0.15) is 5.10 Å². The second-order valence-electron chi connectivity index (χ2n) is 6.77. The van der Waals surface area contributed by atoms with E-state index < -0.39 is 17.8 Å². The quantitative estimate of drug-likeness (QED) is 0.216. The molecule has 2 N–H and O–H groups in total. The molecule has 0 aliphatic heterocycles. The molecule has 0 unspecified atom stereocenters. The van der Waals surface area contributed by atoms with Crippen molar-refractivity contribution < 1.29 is 23.5 Å². The Hall–Kier alpha value is -4.20. The molecule has 0 fully saturated rings. The first-order valence-corrected chi connectivity index (χ1v) is 9.43. The van der Waals surface area contributed by atoms with Crippen molar-refractivity contribution in [1.82, 2.24) is 5.43 Å². The first kappa shape index (κ1) is 21.5. The number of amides is 2. The smallest absolute Gasteiger partial charge is 0.379 e. The highest BCUT2D eigenvalue weighted by molar-refractivity contribution is 6.39. The lowest BCUT2D eigenvalue weighted by Crippen LogP contribution is -2.33. The Kier molecular flexibility index (Phi) is 6.61. The largest absolute Gasteiger partial charge is 0.457 e. The summed E-state index contributed by atoms with van der Waals surface area (Å²) in [7, 11) is 0. The molecule has 31 heavy (non-hydrogen) atoms. The molecule has 1 heterocycles. The molecule has 0 spiro atoms. The van der Waals surface area contributed by atoms with E-state index in [4.69, 9.17) is 9.15 Å². The minimum Gasteiger partial charge on any atom is -0.457 e. The average molecular weight is 419 g/mol. The summed E-state index contributed by atoms with van der Waals surface area (Å²) in [5, 5.41) is 6.54. The minimum absolute atomic E-state index is 0.0563. The van der Waals surface area contributed by atoms with E-state index in [2.05, 4.69) is 15.8 Å². The van der Waals surface area contributed by atoms with Crippen molar-refractivity contribution in [2.45, 2.75) is 20.8 Å². The standard InChI is InChI=1S/C23H21N3O5/c1-14-10-11-15(2)18(13-14)24-21(27)22(28)26-25-16(3)17-7-4-5-8-19(17)31-23(29)20-9-6-12-30-20/h4-13H,1-3H3,(H,24,27)(H,26,28)/b25-16+. The second kappa shape index (κ2) is 9.53. The van der Waals surface area contributed by atoms with Crippen molar-refractivity contribution in [3.63, 3.8) is 0 Å². The number of esters is 1. The summed E-state index contributed by atoms with van der Waals surface area (Å²) in [6, 6.07) is 15.3. The van der Waals surface area contributed by atoms with Crippen molar-refractivity contribution in [1.29, 1.82) is 0 Å². The summed E-state index contributed by atoms with van der Waals surface area (Å²) in [6.07, 6.45) is 1.37. The molecule has 0 saturated carbocycles. The summed E-state index contributed by atoms with van der Waals surface area (Å²) in [6.45, 7) is 5.33.